The normalized spacial score (nSPS) is 22.6. The third-order valence-corrected chi connectivity index (χ3v) is 4.44. The molecule has 0 spiro atoms. The minimum absolute atomic E-state index is 0.218. The van der Waals surface area contributed by atoms with E-state index in [1.54, 1.807) is 0 Å². The van der Waals surface area contributed by atoms with Crippen molar-refractivity contribution >= 4 is 11.6 Å². The van der Waals surface area contributed by atoms with Crippen molar-refractivity contribution in [2.75, 3.05) is 25.0 Å². The SMILES string of the molecule is CCCC1(C(=O)N(C)c2ccccc2C)CCCNC1. The molecule has 1 atom stereocenters. The molecule has 1 heterocycles. The Labute approximate surface area is 122 Å². The molecule has 1 saturated heterocycles. The Hall–Kier alpha value is -1.35. The van der Waals surface area contributed by atoms with Gasteiger partial charge in [0.25, 0.3) is 0 Å². The van der Waals surface area contributed by atoms with Crippen molar-refractivity contribution in [3.8, 4) is 0 Å². The van der Waals surface area contributed by atoms with E-state index >= 15 is 0 Å². The van der Waals surface area contributed by atoms with Crippen LogP contribution in [0.3, 0.4) is 0 Å². The molecule has 0 radical (unpaired) electrons. The van der Waals surface area contributed by atoms with E-state index in [1.807, 2.05) is 30.1 Å². The fraction of sp³-hybridized carbons (Fsp3) is 0.588. The monoisotopic (exact) mass is 274 g/mol. The van der Waals surface area contributed by atoms with Gasteiger partial charge in [-0.3, -0.25) is 4.79 Å². The predicted octanol–water partition coefficient (Wildman–Crippen LogP) is 3.13. The summed E-state index contributed by atoms with van der Waals surface area (Å²) < 4.78 is 0. The summed E-state index contributed by atoms with van der Waals surface area (Å²) in [6.45, 7) is 6.07. The molecule has 1 aromatic rings. The minimum Gasteiger partial charge on any atom is -0.316 e. The molecule has 3 nitrogen and oxygen atoms in total. The minimum atomic E-state index is -0.218. The fourth-order valence-corrected chi connectivity index (χ4v) is 3.35. The molecule has 1 unspecified atom stereocenters. The number of nitrogens with one attached hydrogen (secondary N) is 1. The van der Waals surface area contributed by atoms with E-state index in [0.717, 1.165) is 50.0 Å². The van der Waals surface area contributed by atoms with Crippen molar-refractivity contribution in [3.05, 3.63) is 29.8 Å². The summed E-state index contributed by atoms with van der Waals surface area (Å²) >= 11 is 0. The van der Waals surface area contributed by atoms with Crippen molar-refractivity contribution in [2.45, 2.75) is 39.5 Å². The zero-order chi connectivity index (χ0) is 14.6. The number of hydrogen-bond acceptors (Lipinski definition) is 2. The van der Waals surface area contributed by atoms with Crippen LogP contribution in [0.1, 0.15) is 38.2 Å². The van der Waals surface area contributed by atoms with Crippen LogP contribution >= 0.6 is 0 Å². The molecule has 0 bridgehead atoms. The van der Waals surface area contributed by atoms with Crippen molar-refractivity contribution < 1.29 is 4.79 Å². The molecule has 1 aliphatic heterocycles. The van der Waals surface area contributed by atoms with Crippen molar-refractivity contribution in [1.29, 1.82) is 0 Å². The lowest BCUT2D eigenvalue weighted by Gasteiger charge is -2.39. The number of carbonyl (C=O) groups is 1. The van der Waals surface area contributed by atoms with Crippen LogP contribution < -0.4 is 10.2 Å². The summed E-state index contributed by atoms with van der Waals surface area (Å²) in [6.07, 6.45) is 4.11. The first-order valence-electron chi connectivity index (χ1n) is 7.65. The first kappa shape index (κ1) is 15.0. The number of hydrogen-bond donors (Lipinski definition) is 1. The Balaban J connectivity index is 2.25. The Morgan fingerprint density at radius 3 is 2.75 bits per heavy atom. The van der Waals surface area contributed by atoms with Crippen LogP contribution in [0.15, 0.2) is 24.3 Å². The van der Waals surface area contributed by atoms with Crippen LogP contribution in [0.25, 0.3) is 0 Å². The molecule has 0 saturated carbocycles. The molecular weight excluding hydrogens is 248 g/mol. The third-order valence-electron chi connectivity index (χ3n) is 4.44. The van der Waals surface area contributed by atoms with Crippen molar-refractivity contribution in [1.82, 2.24) is 5.32 Å². The van der Waals surface area contributed by atoms with Crippen molar-refractivity contribution in [2.24, 2.45) is 5.41 Å². The van der Waals surface area contributed by atoms with Crippen LogP contribution in [-0.2, 0) is 4.79 Å². The Morgan fingerprint density at radius 2 is 2.15 bits per heavy atom. The highest BCUT2D eigenvalue weighted by atomic mass is 16.2. The smallest absolute Gasteiger partial charge is 0.234 e. The standard InChI is InChI=1S/C17H26N2O/c1-4-10-17(11-7-12-18-13-17)16(20)19(3)15-9-6-5-8-14(15)2/h5-6,8-9,18H,4,7,10-13H2,1-3H3. The van der Waals surface area contributed by atoms with Gasteiger partial charge < -0.3 is 10.2 Å². The molecule has 1 fully saturated rings. The summed E-state index contributed by atoms with van der Waals surface area (Å²) in [6, 6.07) is 8.10. The maximum atomic E-state index is 13.0. The molecule has 1 N–H and O–H groups in total. The average Bonchev–Trinajstić information content (AvgIpc) is 2.47. The molecule has 1 aromatic carbocycles. The fourth-order valence-electron chi connectivity index (χ4n) is 3.35. The lowest BCUT2D eigenvalue weighted by Crippen LogP contribution is -2.51. The van der Waals surface area contributed by atoms with Gasteiger partial charge in [0.15, 0.2) is 0 Å². The van der Waals surface area contributed by atoms with Gasteiger partial charge in [-0.1, -0.05) is 31.5 Å². The largest absolute Gasteiger partial charge is 0.316 e. The Bertz CT molecular complexity index is 458. The Morgan fingerprint density at radius 1 is 1.40 bits per heavy atom. The number of para-hydroxylation sites is 1. The second-order valence-electron chi connectivity index (χ2n) is 5.96. The van der Waals surface area contributed by atoms with E-state index in [2.05, 4.69) is 25.2 Å². The molecule has 2 rings (SSSR count). The molecule has 20 heavy (non-hydrogen) atoms. The van der Waals surface area contributed by atoms with Crippen LogP contribution in [-0.4, -0.2) is 26.0 Å². The first-order chi connectivity index (χ1) is 9.60. The van der Waals surface area contributed by atoms with E-state index < -0.39 is 0 Å². The first-order valence-corrected chi connectivity index (χ1v) is 7.65. The second-order valence-corrected chi connectivity index (χ2v) is 5.96. The number of nitrogens with zero attached hydrogens (tertiary/aromatic N) is 1. The van der Waals surface area contributed by atoms with Gasteiger partial charge in [-0.2, -0.15) is 0 Å². The molecule has 1 amide bonds. The summed E-state index contributed by atoms with van der Waals surface area (Å²) in [4.78, 5) is 14.9. The number of benzene rings is 1. The number of carbonyl (C=O) groups excluding carboxylic acids is 1. The number of aryl methyl sites for hydroxylation is 1. The highest BCUT2D eigenvalue weighted by molar-refractivity contribution is 5.98. The predicted molar refractivity (Wildman–Crippen MR) is 84.0 cm³/mol. The Kier molecular flexibility index (Phi) is 4.81. The van der Waals surface area contributed by atoms with Gasteiger partial charge in [-0.25, -0.2) is 0 Å². The van der Waals surface area contributed by atoms with Gasteiger partial charge in [0.2, 0.25) is 5.91 Å². The highest BCUT2D eigenvalue weighted by Crippen LogP contribution is 2.35. The lowest BCUT2D eigenvalue weighted by molar-refractivity contribution is -0.129. The topological polar surface area (TPSA) is 32.3 Å². The van der Waals surface area contributed by atoms with E-state index in [4.69, 9.17) is 0 Å². The van der Waals surface area contributed by atoms with Gasteiger partial charge in [0.1, 0.15) is 0 Å². The van der Waals surface area contributed by atoms with E-state index in [-0.39, 0.29) is 11.3 Å². The van der Waals surface area contributed by atoms with Gasteiger partial charge in [0.05, 0.1) is 5.41 Å². The number of amides is 1. The van der Waals surface area contributed by atoms with Gasteiger partial charge >= 0.3 is 0 Å². The quantitative estimate of drug-likeness (QED) is 0.915. The van der Waals surface area contributed by atoms with Crippen LogP contribution in [0, 0.1) is 12.3 Å². The second kappa shape index (κ2) is 6.40. The average molecular weight is 274 g/mol. The third kappa shape index (κ3) is 2.88. The summed E-state index contributed by atoms with van der Waals surface area (Å²) in [5, 5.41) is 3.41. The molecular formula is C17H26N2O. The van der Waals surface area contributed by atoms with Gasteiger partial charge in [-0.15, -0.1) is 0 Å². The number of anilines is 1. The summed E-state index contributed by atoms with van der Waals surface area (Å²) in [7, 11) is 1.91. The van der Waals surface area contributed by atoms with E-state index in [1.165, 1.54) is 0 Å². The highest BCUT2D eigenvalue weighted by Gasteiger charge is 2.40. The summed E-state index contributed by atoms with van der Waals surface area (Å²) in [5.41, 5.74) is 1.96. The van der Waals surface area contributed by atoms with E-state index in [0.29, 0.717) is 0 Å². The van der Waals surface area contributed by atoms with Gasteiger partial charge in [0, 0.05) is 19.3 Å². The molecule has 3 heteroatoms. The van der Waals surface area contributed by atoms with Crippen LogP contribution in [0.2, 0.25) is 0 Å². The number of piperidine rings is 1. The molecule has 110 valence electrons. The maximum absolute atomic E-state index is 13.0. The molecule has 0 aromatic heterocycles. The number of rotatable bonds is 4. The van der Waals surface area contributed by atoms with E-state index in [9.17, 15) is 4.79 Å². The lowest BCUT2D eigenvalue weighted by atomic mass is 9.75. The summed E-state index contributed by atoms with van der Waals surface area (Å²) in [5.74, 6) is 0.265. The van der Waals surface area contributed by atoms with Crippen LogP contribution in [0.4, 0.5) is 5.69 Å². The van der Waals surface area contributed by atoms with Gasteiger partial charge in [-0.05, 0) is 44.4 Å². The molecule has 0 aliphatic carbocycles. The van der Waals surface area contributed by atoms with Crippen molar-refractivity contribution in [3.63, 3.8) is 0 Å². The zero-order valence-corrected chi connectivity index (χ0v) is 12.9. The maximum Gasteiger partial charge on any atom is 0.234 e. The van der Waals surface area contributed by atoms with Crippen LogP contribution in [0.5, 0.6) is 0 Å². The zero-order valence-electron chi connectivity index (χ0n) is 12.9. The molecule has 1 aliphatic rings.